The number of hydrogen-bond acceptors (Lipinski definition) is 3. The zero-order chi connectivity index (χ0) is 14.2. The summed E-state index contributed by atoms with van der Waals surface area (Å²) in [6.45, 7) is 8.32. The van der Waals surface area contributed by atoms with E-state index in [4.69, 9.17) is 5.73 Å². The monoisotopic (exact) mass is 264 g/mol. The molecule has 1 amide bonds. The summed E-state index contributed by atoms with van der Waals surface area (Å²) in [7, 11) is 1.83. The van der Waals surface area contributed by atoms with Gasteiger partial charge in [0.15, 0.2) is 0 Å². The molecule has 0 spiro atoms. The molecule has 2 N–H and O–H groups in total. The molecule has 0 saturated carbocycles. The van der Waals surface area contributed by atoms with E-state index in [1.54, 1.807) is 17.1 Å². The molecule has 2 rings (SSSR count). The number of carbonyl (C=O) groups is 1. The predicted octanol–water partition coefficient (Wildman–Crippen LogP) is 1.31. The smallest absolute Gasteiger partial charge is 0.244 e. The van der Waals surface area contributed by atoms with Crippen molar-refractivity contribution in [2.24, 2.45) is 24.1 Å². The van der Waals surface area contributed by atoms with E-state index in [9.17, 15) is 4.79 Å². The number of rotatable bonds is 2. The van der Waals surface area contributed by atoms with Crippen molar-refractivity contribution in [1.29, 1.82) is 0 Å². The highest BCUT2D eigenvalue weighted by atomic mass is 16.2. The molecule has 1 aliphatic rings. The van der Waals surface area contributed by atoms with Crippen molar-refractivity contribution < 1.29 is 4.79 Å². The average Bonchev–Trinajstić information content (AvgIpc) is 2.94. The van der Waals surface area contributed by atoms with Crippen molar-refractivity contribution in [2.75, 3.05) is 13.1 Å². The highest BCUT2D eigenvalue weighted by molar-refractivity contribution is 5.83. The molecule has 1 aromatic heterocycles. The molecule has 2 unspecified atom stereocenters. The van der Waals surface area contributed by atoms with E-state index < -0.39 is 6.04 Å². The first kappa shape index (κ1) is 14.1. The molecule has 0 aliphatic carbocycles. The lowest BCUT2D eigenvalue weighted by atomic mass is 9.80. The standard InChI is InChI=1S/C14H24N4O/c1-14(2,3)11-5-6-18(9-11)13(19)12(15)10-7-16-17(4)8-10/h7-8,11-12H,5-6,9,15H2,1-4H3. The summed E-state index contributed by atoms with van der Waals surface area (Å²) < 4.78 is 1.67. The van der Waals surface area contributed by atoms with E-state index in [0.717, 1.165) is 25.1 Å². The minimum atomic E-state index is -0.590. The predicted molar refractivity (Wildman–Crippen MR) is 74.3 cm³/mol. The minimum absolute atomic E-state index is 0.0137. The van der Waals surface area contributed by atoms with E-state index in [-0.39, 0.29) is 11.3 Å². The molecule has 0 aromatic carbocycles. The Hall–Kier alpha value is -1.36. The summed E-state index contributed by atoms with van der Waals surface area (Å²) in [5.74, 6) is 0.567. The van der Waals surface area contributed by atoms with E-state index >= 15 is 0 Å². The molecule has 19 heavy (non-hydrogen) atoms. The summed E-state index contributed by atoms with van der Waals surface area (Å²) >= 11 is 0. The Bertz CT molecular complexity index is 460. The maximum absolute atomic E-state index is 12.4. The zero-order valence-corrected chi connectivity index (χ0v) is 12.3. The van der Waals surface area contributed by atoms with Crippen LogP contribution in [-0.4, -0.2) is 33.7 Å². The molecule has 2 heterocycles. The van der Waals surface area contributed by atoms with Crippen LogP contribution in [0.1, 0.15) is 38.8 Å². The fourth-order valence-corrected chi connectivity index (χ4v) is 2.61. The third-order valence-electron chi connectivity index (χ3n) is 4.07. The maximum Gasteiger partial charge on any atom is 0.244 e. The molecule has 1 aliphatic heterocycles. The largest absolute Gasteiger partial charge is 0.341 e. The van der Waals surface area contributed by atoms with Crippen LogP contribution in [0.4, 0.5) is 0 Å². The quantitative estimate of drug-likeness (QED) is 0.876. The topological polar surface area (TPSA) is 64.2 Å². The van der Waals surface area contributed by atoms with Crippen LogP contribution in [0.3, 0.4) is 0 Å². The zero-order valence-electron chi connectivity index (χ0n) is 12.3. The first-order valence-electron chi connectivity index (χ1n) is 6.82. The first-order valence-corrected chi connectivity index (χ1v) is 6.82. The lowest BCUT2D eigenvalue weighted by Gasteiger charge is -2.27. The molecule has 5 nitrogen and oxygen atoms in total. The van der Waals surface area contributed by atoms with Crippen LogP contribution in [0.25, 0.3) is 0 Å². The first-order chi connectivity index (χ1) is 8.79. The van der Waals surface area contributed by atoms with Crippen molar-refractivity contribution in [3.05, 3.63) is 18.0 Å². The van der Waals surface area contributed by atoms with Gasteiger partial charge in [-0.05, 0) is 17.8 Å². The van der Waals surface area contributed by atoms with Crippen molar-refractivity contribution in [3.63, 3.8) is 0 Å². The van der Waals surface area contributed by atoms with Crippen LogP contribution in [0, 0.1) is 11.3 Å². The number of nitrogens with two attached hydrogens (primary N) is 1. The molecule has 0 bridgehead atoms. The molecular weight excluding hydrogens is 240 g/mol. The number of nitrogens with zero attached hydrogens (tertiary/aromatic N) is 3. The van der Waals surface area contributed by atoms with Crippen molar-refractivity contribution in [3.8, 4) is 0 Å². The van der Waals surface area contributed by atoms with Crippen molar-refractivity contribution >= 4 is 5.91 Å². The Labute approximate surface area is 114 Å². The normalized spacial score (nSPS) is 21.7. The van der Waals surface area contributed by atoms with Gasteiger partial charge in [-0.25, -0.2) is 0 Å². The van der Waals surface area contributed by atoms with Crippen LogP contribution in [0.15, 0.2) is 12.4 Å². The van der Waals surface area contributed by atoms with Gasteiger partial charge in [0.2, 0.25) is 5.91 Å². The molecular formula is C14H24N4O. The lowest BCUT2D eigenvalue weighted by Crippen LogP contribution is -2.37. The molecule has 2 atom stereocenters. The van der Waals surface area contributed by atoms with Crippen LogP contribution < -0.4 is 5.73 Å². The summed E-state index contributed by atoms with van der Waals surface area (Å²) in [5.41, 5.74) is 7.07. The second kappa shape index (κ2) is 4.96. The SMILES string of the molecule is Cn1cc(C(N)C(=O)N2CCC(C(C)(C)C)C2)cn1. The highest BCUT2D eigenvalue weighted by Gasteiger charge is 2.35. The Kier molecular flexibility index (Phi) is 3.67. The lowest BCUT2D eigenvalue weighted by molar-refractivity contribution is -0.131. The molecule has 1 saturated heterocycles. The van der Waals surface area contributed by atoms with Crippen LogP contribution in [-0.2, 0) is 11.8 Å². The van der Waals surface area contributed by atoms with Gasteiger partial charge in [0.1, 0.15) is 6.04 Å². The third kappa shape index (κ3) is 2.97. The number of amides is 1. The number of likely N-dealkylation sites (tertiary alicyclic amines) is 1. The van der Waals surface area contributed by atoms with E-state index in [2.05, 4.69) is 25.9 Å². The maximum atomic E-state index is 12.4. The number of hydrogen-bond donors (Lipinski definition) is 1. The number of aromatic nitrogens is 2. The Morgan fingerprint density at radius 1 is 1.53 bits per heavy atom. The third-order valence-corrected chi connectivity index (χ3v) is 4.07. The van der Waals surface area contributed by atoms with E-state index in [0.29, 0.717) is 5.92 Å². The summed E-state index contributed by atoms with van der Waals surface area (Å²) in [6, 6.07) is -0.590. The Morgan fingerprint density at radius 3 is 2.68 bits per heavy atom. The van der Waals surface area contributed by atoms with Crippen LogP contribution >= 0.6 is 0 Å². The second-order valence-corrected chi connectivity index (χ2v) is 6.56. The summed E-state index contributed by atoms with van der Waals surface area (Å²) in [5, 5.41) is 4.07. The number of carbonyl (C=O) groups excluding carboxylic acids is 1. The van der Waals surface area contributed by atoms with Crippen molar-refractivity contribution in [2.45, 2.75) is 33.2 Å². The summed E-state index contributed by atoms with van der Waals surface area (Å²) in [4.78, 5) is 14.3. The van der Waals surface area contributed by atoms with Gasteiger partial charge in [-0.15, -0.1) is 0 Å². The van der Waals surface area contributed by atoms with Gasteiger partial charge in [-0.1, -0.05) is 20.8 Å². The van der Waals surface area contributed by atoms with Crippen molar-refractivity contribution in [1.82, 2.24) is 14.7 Å². The van der Waals surface area contributed by atoms with Gasteiger partial charge in [0.05, 0.1) is 6.20 Å². The molecule has 1 fully saturated rings. The Morgan fingerprint density at radius 2 is 2.21 bits per heavy atom. The fourth-order valence-electron chi connectivity index (χ4n) is 2.61. The summed E-state index contributed by atoms with van der Waals surface area (Å²) in [6.07, 6.45) is 4.54. The van der Waals surface area contributed by atoms with Gasteiger partial charge in [-0.2, -0.15) is 5.10 Å². The van der Waals surface area contributed by atoms with Gasteiger partial charge < -0.3 is 10.6 Å². The van der Waals surface area contributed by atoms with Crippen LogP contribution in [0.5, 0.6) is 0 Å². The van der Waals surface area contributed by atoms with Gasteiger partial charge in [-0.3, -0.25) is 9.48 Å². The highest BCUT2D eigenvalue weighted by Crippen LogP contribution is 2.34. The second-order valence-electron chi connectivity index (χ2n) is 6.56. The fraction of sp³-hybridized carbons (Fsp3) is 0.714. The minimum Gasteiger partial charge on any atom is -0.341 e. The van der Waals surface area contributed by atoms with Gasteiger partial charge >= 0.3 is 0 Å². The average molecular weight is 264 g/mol. The van der Waals surface area contributed by atoms with Gasteiger partial charge in [0, 0.05) is 31.9 Å². The molecule has 5 heteroatoms. The molecule has 1 aromatic rings. The Balaban J connectivity index is 2.02. The van der Waals surface area contributed by atoms with E-state index in [1.165, 1.54) is 0 Å². The van der Waals surface area contributed by atoms with E-state index in [1.807, 2.05) is 11.9 Å². The van der Waals surface area contributed by atoms with Gasteiger partial charge in [0.25, 0.3) is 0 Å². The number of aryl methyl sites for hydroxylation is 1. The molecule has 106 valence electrons. The molecule has 0 radical (unpaired) electrons. The van der Waals surface area contributed by atoms with Crippen LogP contribution in [0.2, 0.25) is 0 Å².